The van der Waals surface area contributed by atoms with Crippen LogP contribution in [-0.2, 0) is 4.79 Å². The summed E-state index contributed by atoms with van der Waals surface area (Å²) in [6, 6.07) is 5.66. The molecule has 0 aromatic carbocycles. The average Bonchev–Trinajstić information content (AvgIpc) is 3.16. The largest absolute Gasteiger partial charge is 0.376 e. The molecular weight excluding hydrogens is 344 g/mol. The highest BCUT2D eigenvalue weighted by Gasteiger charge is 2.25. The predicted molar refractivity (Wildman–Crippen MR) is 107 cm³/mol. The second kappa shape index (κ2) is 8.50. The number of rotatable bonds is 6. The Morgan fingerprint density at radius 2 is 2.30 bits per heavy atom. The summed E-state index contributed by atoms with van der Waals surface area (Å²) in [5, 5.41) is 6.27. The average molecular weight is 368 g/mol. The van der Waals surface area contributed by atoms with Gasteiger partial charge < -0.3 is 26.3 Å². The maximum absolute atomic E-state index is 12.2. The molecule has 1 saturated heterocycles. The van der Waals surface area contributed by atoms with Crippen LogP contribution in [0.25, 0.3) is 11.1 Å². The van der Waals surface area contributed by atoms with Gasteiger partial charge in [-0.25, -0.2) is 4.98 Å². The smallest absolute Gasteiger partial charge is 0.271 e. The van der Waals surface area contributed by atoms with Gasteiger partial charge in [0.25, 0.3) is 5.56 Å². The van der Waals surface area contributed by atoms with Gasteiger partial charge in [0.15, 0.2) is 0 Å². The van der Waals surface area contributed by atoms with Crippen molar-refractivity contribution in [2.24, 2.45) is 5.73 Å². The molecule has 3 rings (SSSR count). The molecule has 1 atom stereocenters. The van der Waals surface area contributed by atoms with Gasteiger partial charge >= 0.3 is 0 Å². The molecule has 0 aliphatic carbocycles. The first-order valence-electron chi connectivity index (χ1n) is 8.89. The number of hydrogen-bond acceptors (Lipinski definition) is 6. The van der Waals surface area contributed by atoms with Crippen LogP contribution >= 0.6 is 0 Å². The number of nitrogens with one attached hydrogen (secondary N) is 3. The molecule has 1 fully saturated rings. The number of nitrogens with two attached hydrogens (primary N) is 1. The van der Waals surface area contributed by atoms with Gasteiger partial charge in [-0.2, -0.15) is 0 Å². The van der Waals surface area contributed by atoms with Gasteiger partial charge in [0.1, 0.15) is 11.5 Å². The zero-order valence-corrected chi connectivity index (χ0v) is 15.2. The summed E-state index contributed by atoms with van der Waals surface area (Å²) in [5.74, 6) is 0.701. The van der Waals surface area contributed by atoms with Crippen LogP contribution in [0.1, 0.15) is 6.42 Å². The Morgan fingerprint density at radius 1 is 1.44 bits per heavy atom. The molecule has 27 heavy (non-hydrogen) atoms. The van der Waals surface area contributed by atoms with Gasteiger partial charge in [-0.1, -0.05) is 6.08 Å². The molecule has 5 N–H and O–H groups in total. The summed E-state index contributed by atoms with van der Waals surface area (Å²) in [6.45, 7) is 1.54. The number of pyridine rings is 2. The standard InChI is InChI=1S/C19H24N6O2/c1-21-17-10-13(4-7-22-17)14-9-16(19(27)23-11-14)24-15-5-8-25(12-15)18(26)3-2-6-20/h2-4,7,9-11,15,24H,5-6,8,12,20H2,1H3,(H,21,22)(H,23,27)/t15-/m0/s1. The number of nitrogens with zero attached hydrogens (tertiary/aromatic N) is 2. The van der Waals surface area contributed by atoms with Crippen LogP contribution in [0, 0.1) is 0 Å². The fourth-order valence-electron chi connectivity index (χ4n) is 3.08. The molecule has 1 aliphatic rings. The van der Waals surface area contributed by atoms with Crippen molar-refractivity contribution in [3.05, 3.63) is 53.1 Å². The third-order valence-electron chi connectivity index (χ3n) is 4.51. The van der Waals surface area contributed by atoms with Gasteiger partial charge in [-0.3, -0.25) is 9.59 Å². The Kier molecular flexibility index (Phi) is 5.87. The molecular formula is C19H24N6O2. The Balaban J connectivity index is 1.73. The van der Waals surface area contributed by atoms with Crippen molar-refractivity contribution in [2.45, 2.75) is 12.5 Å². The lowest BCUT2D eigenvalue weighted by atomic mass is 10.1. The van der Waals surface area contributed by atoms with Crippen molar-refractivity contribution >= 4 is 17.4 Å². The summed E-state index contributed by atoms with van der Waals surface area (Å²) in [5.41, 5.74) is 7.52. The SMILES string of the molecule is CNc1cc(-c2c[nH]c(=O)c(N[C@H]3CCN(C(=O)C=CCN)C3)c2)ccn1. The first-order chi connectivity index (χ1) is 13.1. The third kappa shape index (κ3) is 4.53. The van der Waals surface area contributed by atoms with E-state index in [0.29, 0.717) is 25.3 Å². The molecule has 1 amide bonds. The summed E-state index contributed by atoms with van der Waals surface area (Å²) < 4.78 is 0. The lowest BCUT2D eigenvalue weighted by Gasteiger charge is -2.16. The maximum atomic E-state index is 12.2. The number of anilines is 2. The Labute approximate surface area is 157 Å². The molecule has 0 spiro atoms. The Bertz CT molecular complexity index is 892. The molecule has 3 heterocycles. The highest BCUT2D eigenvalue weighted by atomic mass is 16.2. The van der Waals surface area contributed by atoms with E-state index >= 15 is 0 Å². The van der Waals surface area contributed by atoms with Crippen molar-refractivity contribution in [2.75, 3.05) is 37.3 Å². The van der Waals surface area contributed by atoms with Crippen LogP contribution in [0.3, 0.4) is 0 Å². The minimum atomic E-state index is -0.186. The number of likely N-dealkylation sites (tertiary alicyclic amines) is 1. The molecule has 8 heteroatoms. The van der Waals surface area contributed by atoms with Crippen molar-refractivity contribution < 1.29 is 4.79 Å². The number of aromatic nitrogens is 2. The number of carbonyl (C=O) groups excluding carboxylic acids is 1. The van der Waals surface area contributed by atoms with E-state index in [1.165, 1.54) is 6.08 Å². The minimum absolute atomic E-state index is 0.0295. The van der Waals surface area contributed by atoms with E-state index in [4.69, 9.17) is 5.73 Å². The highest BCUT2D eigenvalue weighted by Crippen LogP contribution is 2.22. The molecule has 0 saturated carbocycles. The number of H-pyrrole nitrogens is 1. The molecule has 2 aromatic rings. The van der Waals surface area contributed by atoms with Crippen molar-refractivity contribution in [1.82, 2.24) is 14.9 Å². The van der Waals surface area contributed by atoms with Gasteiger partial charge in [-0.15, -0.1) is 0 Å². The highest BCUT2D eigenvalue weighted by molar-refractivity contribution is 5.87. The van der Waals surface area contributed by atoms with Crippen LogP contribution in [0.2, 0.25) is 0 Å². The number of hydrogen-bond donors (Lipinski definition) is 4. The van der Waals surface area contributed by atoms with Crippen molar-refractivity contribution in [3.63, 3.8) is 0 Å². The van der Waals surface area contributed by atoms with Crippen LogP contribution in [-0.4, -0.2) is 53.5 Å². The first-order valence-corrected chi connectivity index (χ1v) is 8.89. The van der Waals surface area contributed by atoms with Gasteiger partial charge in [0.05, 0.1) is 0 Å². The Morgan fingerprint density at radius 3 is 3.07 bits per heavy atom. The molecule has 0 bridgehead atoms. The van der Waals surface area contributed by atoms with Crippen molar-refractivity contribution in [3.8, 4) is 11.1 Å². The topological polar surface area (TPSA) is 116 Å². The zero-order valence-electron chi connectivity index (χ0n) is 15.2. The lowest BCUT2D eigenvalue weighted by molar-refractivity contribution is -0.125. The predicted octanol–water partition coefficient (Wildman–Crippen LogP) is 1.01. The Hall–Kier alpha value is -3.13. The first kappa shape index (κ1) is 18.7. The van der Waals surface area contributed by atoms with Crippen LogP contribution < -0.4 is 21.9 Å². The lowest BCUT2D eigenvalue weighted by Crippen LogP contribution is -2.31. The van der Waals surface area contributed by atoms with E-state index in [2.05, 4.69) is 20.6 Å². The van der Waals surface area contributed by atoms with Crippen LogP contribution in [0.5, 0.6) is 0 Å². The normalized spacial score (nSPS) is 16.7. The number of carbonyl (C=O) groups is 1. The summed E-state index contributed by atoms with van der Waals surface area (Å²) in [4.78, 5) is 33.0. The number of amides is 1. The minimum Gasteiger partial charge on any atom is -0.376 e. The second-order valence-corrected chi connectivity index (χ2v) is 6.36. The summed E-state index contributed by atoms with van der Waals surface area (Å²) in [7, 11) is 1.81. The quantitative estimate of drug-likeness (QED) is 0.566. The van der Waals surface area contributed by atoms with E-state index < -0.39 is 0 Å². The van der Waals surface area contributed by atoms with E-state index in [-0.39, 0.29) is 17.5 Å². The van der Waals surface area contributed by atoms with E-state index in [9.17, 15) is 9.59 Å². The van der Waals surface area contributed by atoms with Gasteiger partial charge in [0, 0.05) is 56.8 Å². The molecule has 8 nitrogen and oxygen atoms in total. The monoisotopic (exact) mass is 368 g/mol. The molecule has 1 aliphatic heterocycles. The maximum Gasteiger partial charge on any atom is 0.271 e. The second-order valence-electron chi connectivity index (χ2n) is 6.36. The van der Waals surface area contributed by atoms with Crippen molar-refractivity contribution in [1.29, 1.82) is 0 Å². The fourth-order valence-corrected chi connectivity index (χ4v) is 3.08. The van der Waals surface area contributed by atoms with E-state index in [1.807, 2.05) is 25.2 Å². The molecule has 0 radical (unpaired) electrons. The fraction of sp³-hybridized carbons (Fsp3) is 0.316. The molecule has 2 aromatic heterocycles. The summed E-state index contributed by atoms with van der Waals surface area (Å²) in [6.07, 6.45) is 7.33. The van der Waals surface area contributed by atoms with Crippen LogP contribution in [0.15, 0.2) is 47.5 Å². The van der Waals surface area contributed by atoms with E-state index in [0.717, 1.165) is 23.4 Å². The summed E-state index contributed by atoms with van der Waals surface area (Å²) >= 11 is 0. The van der Waals surface area contributed by atoms with Crippen LogP contribution in [0.4, 0.5) is 11.5 Å². The van der Waals surface area contributed by atoms with Gasteiger partial charge in [0.2, 0.25) is 5.91 Å². The molecule has 142 valence electrons. The zero-order chi connectivity index (χ0) is 19.2. The number of aromatic amines is 1. The van der Waals surface area contributed by atoms with Gasteiger partial charge in [-0.05, 0) is 30.2 Å². The molecule has 0 unspecified atom stereocenters. The third-order valence-corrected chi connectivity index (χ3v) is 4.51. The van der Waals surface area contributed by atoms with E-state index in [1.54, 1.807) is 23.4 Å².